The van der Waals surface area contributed by atoms with E-state index in [9.17, 15) is 18.3 Å². The highest BCUT2D eigenvalue weighted by Crippen LogP contribution is 2.23. The van der Waals surface area contributed by atoms with Crippen molar-refractivity contribution in [2.45, 2.75) is 12.5 Å². The van der Waals surface area contributed by atoms with Crippen LogP contribution in [-0.2, 0) is 0 Å². The largest absolute Gasteiger partial charge is 0.493 e. The van der Waals surface area contributed by atoms with Crippen molar-refractivity contribution in [2.75, 3.05) is 6.61 Å². The molecule has 2 aromatic rings. The molecule has 0 saturated heterocycles. The second-order valence-electron chi connectivity index (χ2n) is 4.23. The van der Waals surface area contributed by atoms with Gasteiger partial charge in [0.25, 0.3) is 0 Å². The molecule has 1 N–H and O–H groups in total. The first-order valence-corrected chi connectivity index (χ1v) is 6.09. The van der Waals surface area contributed by atoms with Crippen LogP contribution in [0.5, 0.6) is 5.75 Å². The van der Waals surface area contributed by atoms with E-state index in [0.717, 1.165) is 12.1 Å². The molecule has 0 fully saturated rings. The van der Waals surface area contributed by atoms with Crippen molar-refractivity contribution >= 4 is 0 Å². The van der Waals surface area contributed by atoms with Crippen LogP contribution >= 0.6 is 0 Å². The van der Waals surface area contributed by atoms with Crippen molar-refractivity contribution in [1.82, 2.24) is 0 Å². The lowest BCUT2D eigenvalue weighted by atomic mass is 10.1. The number of aliphatic hydroxyl groups excluding tert-OH is 1. The van der Waals surface area contributed by atoms with E-state index in [-0.39, 0.29) is 18.6 Å². The lowest BCUT2D eigenvalue weighted by Gasteiger charge is -2.13. The van der Waals surface area contributed by atoms with E-state index >= 15 is 0 Å². The molecule has 0 radical (unpaired) electrons. The molecule has 0 aliphatic carbocycles. The molecule has 0 aliphatic heterocycles. The summed E-state index contributed by atoms with van der Waals surface area (Å²) in [6.07, 6.45) is -1.19. The lowest BCUT2D eigenvalue weighted by Crippen LogP contribution is -2.08. The van der Waals surface area contributed by atoms with Crippen LogP contribution in [0, 0.1) is 17.5 Å². The molecule has 0 aromatic heterocycles. The minimum Gasteiger partial charge on any atom is -0.493 e. The second kappa shape index (κ2) is 6.43. The van der Waals surface area contributed by atoms with Gasteiger partial charge < -0.3 is 9.84 Å². The SMILES string of the molecule is OC(CCOc1ccccc1)c1ccc(F)c(F)c1F. The molecule has 2 aromatic carbocycles. The summed E-state index contributed by atoms with van der Waals surface area (Å²) in [5.41, 5.74) is -0.277. The normalized spacial score (nSPS) is 12.2. The number of aliphatic hydroxyl groups is 1. The molecule has 106 valence electrons. The highest BCUT2D eigenvalue weighted by Gasteiger charge is 2.19. The van der Waals surface area contributed by atoms with Crippen LogP contribution in [0.15, 0.2) is 42.5 Å². The van der Waals surface area contributed by atoms with Crippen molar-refractivity contribution in [2.24, 2.45) is 0 Å². The Morgan fingerprint density at radius 1 is 0.950 bits per heavy atom. The van der Waals surface area contributed by atoms with Crippen LogP contribution in [0.3, 0.4) is 0 Å². The minimum atomic E-state index is -1.58. The molecular formula is C15H13F3O2. The third-order valence-electron chi connectivity index (χ3n) is 2.83. The molecule has 2 nitrogen and oxygen atoms in total. The fraction of sp³-hybridized carbons (Fsp3) is 0.200. The van der Waals surface area contributed by atoms with Gasteiger partial charge in [0, 0.05) is 12.0 Å². The molecule has 0 heterocycles. The van der Waals surface area contributed by atoms with Crippen LogP contribution in [0.25, 0.3) is 0 Å². The number of para-hydroxylation sites is 1. The van der Waals surface area contributed by atoms with E-state index in [0.29, 0.717) is 5.75 Å². The molecular weight excluding hydrogens is 269 g/mol. The van der Waals surface area contributed by atoms with Crippen LogP contribution in [0.4, 0.5) is 13.2 Å². The number of benzene rings is 2. The van der Waals surface area contributed by atoms with Crippen molar-refractivity contribution in [3.8, 4) is 5.75 Å². The summed E-state index contributed by atoms with van der Waals surface area (Å²) in [5, 5.41) is 9.79. The Labute approximate surface area is 114 Å². The molecule has 1 unspecified atom stereocenters. The van der Waals surface area contributed by atoms with Crippen molar-refractivity contribution < 1.29 is 23.0 Å². The molecule has 0 spiro atoms. The third kappa shape index (κ3) is 3.30. The van der Waals surface area contributed by atoms with Gasteiger partial charge in [-0.3, -0.25) is 0 Å². The van der Waals surface area contributed by atoms with E-state index < -0.39 is 23.6 Å². The average Bonchev–Trinajstić information content (AvgIpc) is 2.46. The maximum Gasteiger partial charge on any atom is 0.194 e. The first-order valence-electron chi connectivity index (χ1n) is 6.09. The first kappa shape index (κ1) is 14.4. The third-order valence-corrected chi connectivity index (χ3v) is 2.83. The average molecular weight is 282 g/mol. The maximum atomic E-state index is 13.4. The number of hydrogen-bond donors (Lipinski definition) is 1. The quantitative estimate of drug-likeness (QED) is 0.849. The second-order valence-corrected chi connectivity index (χ2v) is 4.23. The first-order chi connectivity index (χ1) is 9.59. The van der Waals surface area contributed by atoms with Gasteiger partial charge in [0.2, 0.25) is 0 Å². The Morgan fingerprint density at radius 3 is 2.35 bits per heavy atom. The van der Waals surface area contributed by atoms with Crippen molar-refractivity contribution in [3.05, 3.63) is 65.5 Å². The predicted octanol–water partition coefficient (Wildman–Crippen LogP) is 3.61. The summed E-state index contributed by atoms with van der Waals surface area (Å²) in [6, 6.07) is 10.7. The van der Waals surface area contributed by atoms with Gasteiger partial charge in [-0.15, -0.1) is 0 Å². The van der Waals surface area contributed by atoms with Crippen LogP contribution in [-0.4, -0.2) is 11.7 Å². The van der Waals surface area contributed by atoms with Crippen LogP contribution in [0.1, 0.15) is 18.1 Å². The van der Waals surface area contributed by atoms with Gasteiger partial charge in [-0.05, 0) is 18.2 Å². The number of rotatable bonds is 5. The Balaban J connectivity index is 1.95. The molecule has 0 bridgehead atoms. The van der Waals surface area contributed by atoms with E-state index in [4.69, 9.17) is 4.74 Å². The van der Waals surface area contributed by atoms with Gasteiger partial charge in [0.05, 0.1) is 12.7 Å². The fourth-order valence-electron chi connectivity index (χ4n) is 1.76. The van der Waals surface area contributed by atoms with Gasteiger partial charge in [-0.1, -0.05) is 24.3 Å². The van der Waals surface area contributed by atoms with E-state index in [2.05, 4.69) is 0 Å². The minimum absolute atomic E-state index is 0.0664. The van der Waals surface area contributed by atoms with Gasteiger partial charge >= 0.3 is 0 Å². The van der Waals surface area contributed by atoms with Gasteiger partial charge in [-0.2, -0.15) is 0 Å². The fourth-order valence-corrected chi connectivity index (χ4v) is 1.76. The predicted molar refractivity (Wildman–Crippen MR) is 67.8 cm³/mol. The Hall–Kier alpha value is -2.01. The number of halogens is 3. The van der Waals surface area contributed by atoms with E-state index in [1.807, 2.05) is 6.07 Å². The zero-order valence-electron chi connectivity index (χ0n) is 10.5. The van der Waals surface area contributed by atoms with Gasteiger partial charge in [-0.25, -0.2) is 13.2 Å². The molecule has 0 amide bonds. The topological polar surface area (TPSA) is 29.5 Å². The van der Waals surface area contributed by atoms with Crippen molar-refractivity contribution in [1.29, 1.82) is 0 Å². The van der Waals surface area contributed by atoms with Gasteiger partial charge in [0.1, 0.15) is 5.75 Å². The summed E-state index contributed by atoms with van der Waals surface area (Å²) in [5.74, 6) is -3.60. The van der Waals surface area contributed by atoms with Crippen LogP contribution in [0.2, 0.25) is 0 Å². The van der Waals surface area contributed by atoms with Crippen LogP contribution < -0.4 is 4.74 Å². The Bertz CT molecular complexity index is 573. The van der Waals surface area contributed by atoms with E-state index in [1.54, 1.807) is 24.3 Å². The highest BCUT2D eigenvalue weighted by atomic mass is 19.2. The maximum absolute atomic E-state index is 13.4. The van der Waals surface area contributed by atoms with E-state index in [1.165, 1.54) is 0 Å². The Kier molecular flexibility index (Phi) is 4.63. The number of hydrogen-bond acceptors (Lipinski definition) is 2. The molecule has 2 rings (SSSR count). The molecule has 20 heavy (non-hydrogen) atoms. The zero-order valence-corrected chi connectivity index (χ0v) is 10.5. The number of ether oxygens (including phenoxy) is 1. The van der Waals surface area contributed by atoms with Crippen molar-refractivity contribution in [3.63, 3.8) is 0 Å². The molecule has 0 aliphatic rings. The standard InChI is InChI=1S/C15H13F3O2/c16-12-7-6-11(14(17)15(12)18)13(19)8-9-20-10-4-2-1-3-5-10/h1-7,13,19H,8-9H2. The monoisotopic (exact) mass is 282 g/mol. The molecule has 0 saturated carbocycles. The summed E-state index contributed by atoms with van der Waals surface area (Å²) in [4.78, 5) is 0. The smallest absolute Gasteiger partial charge is 0.194 e. The Morgan fingerprint density at radius 2 is 1.65 bits per heavy atom. The zero-order chi connectivity index (χ0) is 14.5. The van der Waals surface area contributed by atoms with Gasteiger partial charge in [0.15, 0.2) is 17.5 Å². The highest BCUT2D eigenvalue weighted by molar-refractivity contribution is 5.23. The molecule has 1 atom stereocenters. The summed E-state index contributed by atoms with van der Waals surface area (Å²) in [6.45, 7) is 0.129. The summed E-state index contributed by atoms with van der Waals surface area (Å²) < 4.78 is 44.6. The molecule has 5 heteroatoms. The summed E-state index contributed by atoms with van der Waals surface area (Å²) in [7, 11) is 0. The summed E-state index contributed by atoms with van der Waals surface area (Å²) >= 11 is 0. The lowest BCUT2D eigenvalue weighted by molar-refractivity contribution is 0.136.